The lowest BCUT2D eigenvalue weighted by molar-refractivity contribution is -0.133. The molecule has 0 spiro atoms. The Morgan fingerprint density at radius 2 is 2.15 bits per heavy atom. The highest BCUT2D eigenvalue weighted by molar-refractivity contribution is 5.78. The highest BCUT2D eigenvalue weighted by Crippen LogP contribution is 2.14. The fraction of sp³-hybridized carbons (Fsp3) is 0.562. The minimum Gasteiger partial charge on any atom is -0.376 e. The predicted octanol–water partition coefficient (Wildman–Crippen LogP) is 1.59. The van der Waals surface area contributed by atoms with Crippen LogP contribution in [0.15, 0.2) is 30.3 Å². The highest BCUT2D eigenvalue weighted by Gasteiger charge is 2.22. The molecule has 0 aliphatic carbocycles. The van der Waals surface area contributed by atoms with Crippen LogP contribution in [0.1, 0.15) is 24.8 Å². The zero-order chi connectivity index (χ0) is 14.2. The Kier molecular flexibility index (Phi) is 6.02. The van der Waals surface area contributed by atoms with Gasteiger partial charge >= 0.3 is 0 Å². The van der Waals surface area contributed by atoms with Crippen molar-refractivity contribution in [3.8, 4) is 0 Å². The Balaban J connectivity index is 1.65. The number of hydrogen-bond acceptors (Lipinski definition) is 3. The quantitative estimate of drug-likeness (QED) is 0.803. The summed E-state index contributed by atoms with van der Waals surface area (Å²) in [6.07, 6.45) is 4.29. The Morgan fingerprint density at radius 3 is 2.90 bits per heavy atom. The summed E-state index contributed by atoms with van der Waals surface area (Å²) in [6, 6.07) is 10.4. The van der Waals surface area contributed by atoms with Crippen LogP contribution in [-0.4, -0.2) is 43.2 Å². The number of aryl methyl sites for hydroxylation is 1. The molecule has 1 aliphatic rings. The molecule has 0 bridgehead atoms. The van der Waals surface area contributed by atoms with Crippen molar-refractivity contribution < 1.29 is 9.53 Å². The molecule has 1 aromatic carbocycles. The number of carbonyl (C=O) groups excluding carboxylic acids is 1. The van der Waals surface area contributed by atoms with Crippen molar-refractivity contribution >= 4 is 5.91 Å². The second kappa shape index (κ2) is 8.02. The molecule has 4 nitrogen and oxygen atoms in total. The molecule has 1 amide bonds. The van der Waals surface area contributed by atoms with E-state index in [2.05, 4.69) is 24.3 Å². The van der Waals surface area contributed by atoms with E-state index in [1.54, 1.807) is 0 Å². The zero-order valence-electron chi connectivity index (χ0n) is 12.0. The Morgan fingerprint density at radius 1 is 1.35 bits per heavy atom. The lowest BCUT2D eigenvalue weighted by atomic mass is 10.1. The highest BCUT2D eigenvalue weighted by atomic mass is 16.5. The summed E-state index contributed by atoms with van der Waals surface area (Å²) in [5, 5.41) is 0. The van der Waals surface area contributed by atoms with Gasteiger partial charge in [-0.2, -0.15) is 0 Å². The van der Waals surface area contributed by atoms with Crippen molar-refractivity contribution in [2.75, 3.05) is 26.2 Å². The molecule has 1 aromatic rings. The van der Waals surface area contributed by atoms with E-state index in [9.17, 15) is 4.79 Å². The summed E-state index contributed by atoms with van der Waals surface area (Å²) in [5.41, 5.74) is 6.75. The van der Waals surface area contributed by atoms with Crippen LogP contribution in [-0.2, 0) is 16.0 Å². The van der Waals surface area contributed by atoms with Gasteiger partial charge in [0.25, 0.3) is 0 Å². The molecule has 1 saturated heterocycles. The van der Waals surface area contributed by atoms with Crippen LogP contribution in [0.5, 0.6) is 0 Å². The molecular weight excluding hydrogens is 252 g/mol. The molecule has 0 radical (unpaired) electrons. The van der Waals surface area contributed by atoms with Crippen LogP contribution < -0.4 is 5.73 Å². The standard InChI is InChI=1S/C16H24N2O2/c17-12-16(19)18-10-4-9-15(13-18)20-11-5-8-14-6-2-1-3-7-14/h1-3,6-7,15H,4-5,8-13,17H2. The minimum absolute atomic E-state index is 0.0302. The van der Waals surface area contributed by atoms with Crippen LogP contribution >= 0.6 is 0 Å². The van der Waals surface area contributed by atoms with Gasteiger partial charge in [0.05, 0.1) is 12.6 Å². The average Bonchev–Trinajstić information content (AvgIpc) is 2.52. The average molecular weight is 276 g/mol. The zero-order valence-corrected chi connectivity index (χ0v) is 12.0. The van der Waals surface area contributed by atoms with E-state index < -0.39 is 0 Å². The van der Waals surface area contributed by atoms with Crippen LogP contribution in [0.25, 0.3) is 0 Å². The van der Waals surface area contributed by atoms with Gasteiger partial charge in [0.1, 0.15) is 0 Å². The van der Waals surface area contributed by atoms with E-state index >= 15 is 0 Å². The van der Waals surface area contributed by atoms with E-state index in [1.807, 2.05) is 11.0 Å². The molecule has 1 unspecified atom stereocenters. The fourth-order valence-corrected chi connectivity index (χ4v) is 2.60. The third kappa shape index (κ3) is 4.62. The number of benzene rings is 1. The normalized spacial score (nSPS) is 19.1. The number of ether oxygens (including phenoxy) is 1. The lowest BCUT2D eigenvalue weighted by Gasteiger charge is -2.32. The summed E-state index contributed by atoms with van der Waals surface area (Å²) >= 11 is 0. The maximum atomic E-state index is 11.6. The Hall–Kier alpha value is -1.39. The molecule has 2 N–H and O–H groups in total. The number of likely N-dealkylation sites (tertiary alicyclic amines) is 1. The summed E-state index contributed by atoms with van der Waals surface area (Å²) < 4.78 is 5.89. The van der Waals surface area contributed by atoms with Crippen LogP contribution in [0.2, 0.25) is 0 Å². The first-order valence-corrected chi connectivity index (χ1v) is 7.43. The van der Waals surface area contributed by atoms with Gasteiger partial charge in [-0.25, -0.2) is 0 Å². The molecule has 2 rings (SSSR count). The second-order valence-corrected chi connectivity index (χ2v) is 5.27. The van der Waals surface area contributed by atoms with Gasteiger partial charge in [-0.3, -0.25) is 4.79 Å². The maximum absolute atomic E-state index is 11.6. The smallest absolute Gasteiger partial charge is 0.236 e. The first-order valence-electron chi connectivity index (χ1n) is 7.43. The van der Waals surface area contributed by atoms with Gasteiger partial charge in [-0.1, -0.05) is 30.3 Å². The third-order valence-electron chi connectivity index (χ3n) is 3.71. The first-order chi connectivity index (χ1) is 9.79. The van der Waals surface area contributed by atoms with Crippen molar-refractivity contribution in [1.29, 1.82) is 0 Å². The molecule has 4 heteroatoms. The van der Waals surface area contributed by atoms with Gasteiger partial charge in [-0.15, -0.1) is 0 Å². The van der Waals surface area contributed by atoms with Gasteiger partial charge in [0, 0.05) is 19.7 Å². The largest absolute Gasteiger partial charge is 0.376 e. The predicted molar refractivity (Wildman–Crippen MR) is 79.4 cm³/mol. The van der Waals surface area contributed by atoms with Crippen molar-refractivity contribution in [2.24, 2.45) is 5.73 Å². The van der Waals surface area contributed by atoms with E-state index in [-0.39, 0.29) is 18.6 Å². The molecule has 1 heterocycles. The molecule has 1 fully saturated rings. The summed E-state index contributed by atoms with van der Waals surface area (Å²) in [7, 11) is 0. The van der Waals surface area contributed by atoms with E-state index in [4.69, 9.17) is 10.5 Å². The van der Waals surface area contributed by atoms with Crippen LogP contribution in [0.4, 0.5) is 0 Å². The van der Waals surface area contributed by atoms with Crippen molar-refractivity contribution in [1.82, 2.24) is 4.90 Å². The van der Waals surface area contributed by atoms with Crippen molar-refractivity contribution in [3.63, 3.8) is 0 Å². The second-order valence-electron chi connectivity index (χ2n) is 5.27. The molecule has 110 valence electrons. The molecule has 1 aliphatic heterocycles. The van der Waals surface area contributed by atoms with Crippen molar-refractivity contribution in [3.05, 3.63) is 35.9 Å². The van der Waals surface area contributed by atoms with Gasteiger partial charge in [0.2, 0.25) is 5.91 Å². The summed E-state index contributed by atoms with van der Waals surface area (Å²) in [5.74, 6) is 0.0302. The van der Waals surface area contributed by atoms with Crippen LogP contribution in [0.3, 0.4) is 0 Å². The number of nitrogens with two attached hydrogens (primary N) is 1. The van der Waals surface area contributed by atoms with Crippen LogP contribution in [0, 0.1) is 0 Å². The fourth-order valence-electron chi connectivity index (χ4n) is 2.60. The molecular formula is C16H24N2O2. The number of rotatable bonds is 6. The Bertz CT molecular complexity index is 408. The SMILES string of the molecule is NCC(=O)N1CCCC(OCCCc2ccccc2)C1. The molecule has 0 saturated carbocycles. The minimum atomic E-state index is 0.0302. The third-order valence-corrected chi connectivity index (χ3v) is 3.71. The number of amides is 1. The van der Waals surface area contributed by atoms with E-state index in [0.717, 1.165) is 38.8 Å². The summed E-state index contributed by atoms with van der Waals surface area (Å²) in [6.45, 7) is 2.37. The van der Waals surface area contributed by atoms with E-state index in [0.29, 0.717) is 6.54 Å². The monoisotopic (exact) mass is 276 g/mol. The topological polar surface area (TPSA) is 55.6 Å². The number of piperidine rings is 1. The molecule has 20 heavy (non-hydrogen) atoms. The Labute approximate surface area is 120 Å². The van der Waals surface area contributed by atoms with Gasteiger partial charge < -0.3 is 15.4 Å². The first kappa shape index (κ1) is 15.0. The van der Waals surface area contributed by atoms with Gasteiger partial charge in [-0.05, 0) is 31.2 Å². The number of carbonyl (C=O) groups is 1. The maximum Gasteiger partial charge on any atom is 0.236 e. The molecule has 1 atom stereocenters. The molecule has 0 aromatic heterocycles. The number of nitrogens with zero attached hydrogens (tertiary/aromatic N) is 1. The number of hydrogen-bond donors (Lipinski definition) is 1. The summed E-state index contributed by atoms with van der Waals surface area (Å²) in [4.78, 5) is 13.4. The van der Waals surface area contributed by atoms with Crippen molar-refractivity contribution in [2.45, 2.75) is 31.8 Å². The lowest BCUT2D eigenvalue weighted by Crippen LogP contribution is -2.45. The van der Waals surface area contributed by atoms with E-state index in [1.165, 1.54) is 5.56 Å². The van der Waals surface area contributed by atoms with Gasteiger partial charge in [0.15, 0.2) is 0 Å².